The number of pyridine rings is 1. The summed E-state index contributed by atoms with van der Waals surface area (Å²) in [6, 6.07) is 9.46. The van der Waals surface area contributed by atoms with Gasteiger partial charge in [-0.15, -0.1) is 0 Å². The molecule has 0 saturated carbocycles. The third-order valence-corrected chi connectivity index (χ3v) is 3.38. The van der Waals surface area contributed by atoms with Gasteiger partial charge in [0.2, 0.25) is 0 Å². The highest BCUT2D eigenvalue weighted by atomic mass is 32.1. The van der Waals surface area contributed by atoms with Crippen LogP contribution in [0.25, 0.3) is 0 Å². The zero-order chi connectivity index (χ0) is 15.2. The van der Waals surface area contributed by atoms with Crippen LogP contribution in [0, 0.1) is 18.5 Å². The molecule has 1 aromatic heterocycles. The molecule has 4 nitrogen and oxygen atoms in total. The summed E-state index contributed by atoms with van der Waals surface area (Å²) in [5.74, 6) is 0.646. The van der Waals surface area contributed by atoms with Crippen LogP contribution >= 0.6 is 12.2 Å². The van der Waals surface area contributed by atoms with Crippen LogP contribution < -0.4 is 10.1 Å². The minimum absolute atomic E-state index is 0.193. The molecule has 5 heteroatoms. The average Bonchev–Trinajstić information content (AvgIpc) is 2.45. The quantitative estimate of drug-likeness (QED) is 0.659. The lowest BCUT2D eigenvalue weighted by atomic mass is 10.1. The van der Waals surface area contributed by atoms with Gasteiger partial charge in [0.05, 0.1) is 12.1 Å². The SMILES string of the molecule is Cc1ccc(OCCNC(=O)c2ccc[nH]c2=S)c(C)c1. The number of benzene rings is 1. The molecule has 0 aliphatic heterocycles. The van der Waals surface area contributed by atoms with E-state index in [4.69, 9.17) is 17.0 Å². The second-order valence-electron chi connectivity index (χ2n) is 4.79. The van der Waals surface area contributed by atoms with Gasteiger partial charge in [-0.1, -0.05) is 29.9 Å². The van der Waals surface area contributed by atoms with Crippen LogP contribution in [0.4, 0.5) is 0 Å². The van der Waals surface area contributed by atoms with Gasteiger partial charge in [0.15, 0.2) is 0 Å². The number of rotatable bonds is 5. The fourth-order valence-corrected chi connectivity index (χ4v) is 2.21. The molecule has 2 aromatic rings. The van der Waals surface area contributed by atoms with E-state index in [1.807, 2.05) is 26.0 Å². The van der Waals surface area contributed by atoms with Crippen molar-refractivity contribution in [2.24, 2.45) is 0 Å². The van der Waals surface area contributed by atoms with E-state index >= 15 is 0 Å². The van der Waals surface area contributed by atoms with Crippen LogP contribution in [0.3, 0.4) is 0 Å². The molecule has 2 rings (SSSR count). The summed E-state index contributed by atoms with van der Waals surface area (Å²) >= 11 is 5.07. The maximum absolute atomic E-state index is 11.9. The fourth-order valence-electron chi connectivity index (χ4n) is 1.98. The Morgan fingerprint density at radius 2 is 2.14 bits per heavy atom. The van der Waals surface area contributed by atoms with Crippen molar-refractivity contribution in [2.45, 2.75) is 13.8 Å². The first kappa shape index (κ1) is 15.3. The van der Waals surface area contributed by atoms with Crippen molar-refractivity contribution in [1.29, 1.82) is 0 Å². The van der Waals surface area contributed by atoms with Gasteiger partial charge < -0.3 is 15.0 Å². The first-order chi connectivity index (χ1) is 10.1. The molecule has 0 spiro atoms. The van der Waals surface area contributed by atoms with Crippen LogP contribution in [0.5, 0.6) is 5.75 Å². The van der Waals surface area contributed by atoms with Crippen molar-refractivity contribution < 1.29 is 9.53 Å². The van der Waals surface area contributed by atoms with Gasteiger partial charge >= 0.3 is 0 Å². The molecule has 1 aromatic carbocycles. The maximum Gasteiger partial charge on any atom is 0.254 e. The summed E-state index contributed by atoms with van der Waals surface area (Å²) in [6.45, 7) is 4.89. The molecule has 0 aliphatic rings. The predicted molar refractivity (Wildman–Crippen MR) is 85.4 cm³/mol. The number of aromatic nitrogens is 1. The summed E-state index contributed by atoms with van der Waals surface area (Å²) in [6.07, 6.45) is 1.70. The zero-order valence-electron chi connectivity index (χ0n) is 12.1. The van der Waals surface area contributed by atoms with E-state index in [0.29, 0.717) is 23.4 Å². The number of H-pyrrole nitrogens is 1. The molecule has 0 radical (unpaired) electrons. The van der Waals surface area contributed by atoms with Gasteiger partial charge in [0, 0.05) is 6.20 Å². The first-order valence-corrected chi connectivity index (χ1v) is 7.14. The molecule has 2 N–H and O–H groups in total. The lowest BCUT2D eigenvalue weighted by Crippen LogP contribution is -2.28. The van der Waals surface area contributed by atoms with Crippen molar-refractivity contribution in [3.63, 3.8) is 0 Å². The van der Waals surface area contributed by atoms with Crippen LogP contribution in [-0.2, 0) is 0 Å². The van der Waals surface area contributed by atoms with E-state index in [2.05, 4.69) is 16.4 Å². The first-order valence-electron chi connectivity index (χ1n) is 6.74. The van der Waals surface area contributed by atoms with Crippen molar-refractivity contribution in [2.75, 3.05) is 13.2 Å². The number of hydrogen-bond donors (Lipinski definition) is 2. The molecular weight excluding hydrogens is 284 g/mol. The summed E-state index contributed by atoms with van der Waals surface area (Å²) in [5, 5.41) is 2.79. The molecule has 0 bridgehead atoms. The van der Waals surface area contributed by atoms with Crippen LogP contribution in [-0.4, -0.2) is 24.0 Å². The molecule has 21 heavy (non-hydrogen) atoms. The van der Waals surface area contributed by atoms with Crippen LogP contribution in [0.15, 0.2) is 36.5 Å². The van der Waals surface area contributed by atoms with Crippen molar-refractivity contribution in [1.82, 2.24) is 10.3 Å². The number of amides is 1. The number of aryl methyl sites for hydroxylation is 2. The third-order valence-electron chi connectivity index (χ3n) is 3.04. The van der Waals surface area contributed by atoms with E-state index in [1.165, 1.54) is 5.56 Å². The van der Waals surface area contributed by atoms with E-state index in [0.717, 1.165) is 11.3 Å². The largest absolute Gasteiger partial charge is 0.491 e. The Hall–Kier alpha value is -2.14. The fraction of sp³-hybridized carbons (Fsp3) is 0.250. The molecule has 110 valence electrons. The van der Waals surface area contributed by atoms with Crippen molar-refractivity contribution in [3.05, 3.63) is 57.9 Å². The Labute approximate surface area is 129 Å². The second kappa shape index (κ2) is 7.04. The Kier molecular flexibility index (Phi) is 5.11. The smallest absolute Gasteiger partial charge is 0.254 e. The number of nitrogens with one attached hydrogen (secondary N) is 2. The Morgan fingerprint density at radius 1 is 1.33 bits per heavy atom. The van der Waals surface area contributed by atoms with Gasteiger partial charge in [-0.3, -0.25) is 4.79 Å². The Bertz CT molecular complexity index is 695. The third kappa shape index (κ3) is 4.16. The van der Waals surface area contributed by atoms with Gasteiger partial charge in [0.25, 0.3) is 5.91 Å². The van der Waals surface area contributed by atoms with E-state index in [1.54, 1.807) is 18.3 Å². The molecule has 0 aliphatic carbocycles. The summed E-state index contributed by atoms with van der Waals surface area (Å²) in [5.41, 5.74) is 2.76. The van der Waals surface area contributed by atoms with E-state index in [-0.39, 0.29) is 5.91 Å². The van der Waals surface area contributed by atoms with Crippen LogP contribution in [0.2, 0.25) is 0 Å². The molecule has 1 heterocycles. The highest BCUT2D eigenvalue weighted by Gasteiger charge is 2.06. The minimum Gasteiger partial charge on any atom is -0.491 e. The zero-order valence-corrected chi connectivity index (χ0v) is 12.9. The van der Waals surface area contributed by atoms with Gasteiger partial charge in [-0.05, 0) is 37.6 Å². The lowest BCUT2D eigenvalue weighted by molar-refractivity contribution is 0.0946. The molecule has 0 saturated heterocycles. The lowest BCUT2D eigenvalue weighted by Gasteiger charge is -2.10. The Morgan fingerprint density at radius 3 is 2.86 bits per heavy atom. The van der Waals surface area contributed by atoms with Crippen molar-refractivity contribution in [3.8, 4) is 5.75 Å². The van der Waals surface area contributed by atoms with Crippen LogP contribution in [0.1, 0.15) is 21.5 Å². The predicted octanol–water partition coefficient (Wildman–Crippen LogP) is 3.17. The normalized spacial score (nSPS) is 10.2. The van der Waals surface area contributed by atoms with E-state index in [9.17, 15) is 4.79 Å². The number of hydrogen-bond acceptors (Lipinski definition) is 3. The highest BCUT2D eigenvalue weighted by molar-refractivity contribution is 7.71. The second-order valence-corrected chi connectivity index (χ2v) is 5.19. The summed E-state index contributed by atoms with van der Waals surface area (Å²) < 4.78 is 6.10. The number of carbonyl (C=O) groups is 1. The number of carbonyl (C=O) groups excluding carboxylic acids is 1. The molecule has 0 unspecified atom stereocenters. The van der Waals surface area contributed by atoms with E-state index < -0.39 is 0 Å². The Balaban J connectivity index is 1.84. The highest BCUT2D eigenvalue weighted by Crippen LogP contribution is 2.18. The number of aromatic amines is 1. The topological polar surface area (TPSA) is 54.1 Å². The van der Waals surface area contributed by atoms with Gasteiger partial charge in [-0.25, -0.2) is 0 Å². The molecular formula is C16H18N2O2S. The monoisotopic (exact) mass is 302 g/mol. The average molecular weight is 302 g/mol. The summed E-state index contributed by atoms with van der Waals surface area (Å²) in [7, 11) is 0. The minimum atomic E-state index is -0.193. The van der Waals surface area contributed by atoms with Gasteiger partial charge in [0.1, 0.15) is 17.0 Å². The standard InChI is InChI=1S/C16H18N2O2S/c1-11-5-6-14(12(2)10-11)20-9-8-17-15(19)13-4-3-7-18-16(13)21/h3-7,10H,8-9H2,1-2H3,(H,17,19)(H,18,21). The summed E-state index contributed by atoms with van der Waals surface area (Å²) in [4.78, 5) is 14.8. The molecule has 0 atom stereocenters. The maximum atomic E-state index is 11.9. The van der Waals surface area contributed by atoms with Crippen molar-refractivity contribution >= 4 is 18.1 Å². The number of ether oxygens (including phenoxy) is 1. The van der Waals surface area contributed by atoms with Gasteiger partial charge in [-0.2, -0.15) is 0 Å². The molecule has 0 fully saturated rings. The molecule has 1 amide bonds.